The predicted molar refractivity (Wildman–Crippen MR) is 214 cm³/mol. The maximum atomic E-state index is 14.2. The van der Waals surface area contributed by atoms with Gasteiger partial charge in [-0.15, -0.1) is 11.3 Å². The maximum absolute atomic E-state index is 14.2. The highest BCUT2D eigenvalue weighted by molar-refractivity contribution is 7.92. The molecule has 0 aliphatic carbocycles. The Morgan fingerprint density at radius 1 is 0.889 bits per heavy atom. The lowest BCUT2D eigenvalue weighted by molar-refractivity contribution is 0.0785. The summed E-state index contributed by atoms with van der Waals surface area (Å²) in [6.45, 7) is 2.39. The van der Waals surface area contributed by atoms with E-state index in [9.17, 15) is 23.1 Å². The number of ether oxygens (including phenoxy) is 1. The van der Waals surface area contributed by atoms with E-state index in [1.807, 2.05) is 97.2 Å². The molecule has 13 heteroatoms. The number of carbonyl (C=O) groups is 2. The molecule has 1 aromatic heterocycles. The topological polar surface area (TPSA) is 141 Å². The summed E-state index contributed by atoms with van der Waals surface area (Å²) in [7, 11) is 0.883. The summed E-state index contributed by atoms with van der Waals surface area (Å²) in [4.78, 5) is 33.8. The monoisotopic (exact) mass is 769 g/mol. The van der Waals surface area contributed by atoms with Crippen LogP contribution in [-0.2, 0) is 29.4 Å². The van der Waals surface area contributed by atoms with Gasteiger partial charge in [0.25, 0.3) is 11.8 Å². The van der Waals surface area contributed by atoms with Crippen molar-refractivity contribution in [2.75, 3.05) is 38.3 Å². The van der Waals surface area contributed by atoms with Crippen LogP contribution >= 0.6 is 11.3 Å². The van der Waals surface area contributed by atoms with Crippen LogP contribution in [0.1, 0.15) is 54.1 Å². The van der Waals surface area contributed by atoms with E-state index in [4.69, 9.17) is 4.74 Å². The molecule has 284 valence electrons. The number of aromatic nitrogens is 1. The Hall–Kier alpha value is -5.08. The van der Waals surface area contributed by atoms with Crippen LogP contribution in [-0.4, -0.2) is 81.4 Å². The van der Waals surface area contributed by atoms with Crippen LogP contribution in [0.2, 0.25) is 0 Å². The first-order chi connectivity index (χ1) is 25.8. The van der Waals surface area contributed by atoms with Gasteiger partial charge in [0.15, 0.2) is 0 Å². The van der Waals surface area contributed by atoms with Crippen LogP contribution < -0.4 is 19.7 Å². The molecule has 0 saturated carbocycles. The quantitative estimate of drug-likeness (QED) is 0.114. The van der Waals surface area contributed by atoms with Gasteiger partial charge in [-0.2, -0.15) is 0 Å². The fourth-order valence-corrected chi connectivity index (χ4v) is 7.42. The molecule has 3 N–H and O–H groups in total. The Labute approximate surface area is 321 Å². The lowest BCUT2D eigenvalue weighted by Crippen LogP contribution is -2.46. The molecule has 1 heterocycles. The van der Waals surface area contributed by atoms with Crippen molar-refractivity contribution in [1.82, 2.24) is 20.5 Å². The summed E-state index contributed by atoms with van der Waals surface area (Å²) in [5.74, 6) is -0.231. The molecule has 0 aliphatic rings. The molecule has 0 spiro atoms. The van der Waals surface area contributed by atoms with E-state index in [1.54, 1.807) is 14.2 Å². The van der Waals surface area contributed by atoms with Gasteiger partial charge in [0, 0.05) is 55.3 Å². The Kier molecular flexibility index (Phi) is 13.6. The molecule has 4 aromatic carbocycles. The van der Waals surface area contributed by atoms with Gasteiger partial charge in [-0.3, -0.25) is 13.9 Å². The number of carbonyl (C=O) groups excluding carboxylic acids is 2. The Morgan fingerprint density at radius 3 is 2.15 bits per heavy atom. The van der Waals surface area contributed by atoms with Crippen LogP contribution in [0.4, 0.5) is 5.69 Å². The molecule has 54 heavy (non-hydrogen) atoms. The third-order valence-electron chi connectivity index (χ3n) is 9.04. The van der Waals surface area contributed by atoms with Crippen molar-refractivity contribution in [2.24, 2.45) is 0 Å². The van der Waals surface area contributed by atoms with Gasteiger partial charge in [0.2, 0.25) is 10.0 Å². The second-order valence-electron chi connectivity index (χ2n) is 13.3. The highest BCUT2D eigenvalue weighted by atomic mass is 32.2. The van der Waals surface area contributed by atoms with Gasteiger partial charge in [-0.1, -0.05) is 72.8 Å². The highest BCUT2D eigenvalue weighted by Gasteiger charge is 2.26. The van der Waals surface area contributed by atoms with Crippen molar-refractivity contribution in [1.29, 1.82) is 0 Å². The van der Waals surface area contributed by atoms with E-state index >= 15 is 0 Å². The summed E-state index contributed by atoms with van der Waals surface area (Å²) in [6.07, 6.45) is 1.07. The minimum absolute atomic E-state index is 0.122. The van der Waals surface area contributed by atoms with Crippen molar-refractivity contribution in [3.05, 3.63) is 147 Å². The van der Waals surface area contributed by atoms with Gasteiger partial charge >= 0.3 is 0 Å². The number of nitrogens with zero attached hydrogens (tertiary/aromatic N) is 3. The number of amides is 2. The number of nitrogens with one attached hydrogen (secondary N) is 2. The largest absolute Gasteiger partial charge is 0.497 e. The third-order valence-corrected chi connectivity index (χ3v) is 11.2. The second-order valence-corrected chi connectivity index (χ2v) is 16.3. The standard InChI is InChI=1S/C41H47N5O6S2/c1-28-27-53-38(43-28)26-45(2)41(49)33-21-32(22-35(23-33)46(3)54(5,50)51)40(48)44-34(19-29-13-8-6-9-14-29)25-42-39(31-17-12-18-36(24-31)52-4)37(47)20-30-15-10-7-11-16-30/h6-18,21-24,27,34,37,39,42,47H,19-20,25-26H2,1-5H3,(H,44,48)/t34-,37+,39-/m0/s1. The third kappa shape index (κ3) is 11.0. The van der Waals surface area contributed by atoms with Crippen LogP contribution in [0.15, 0.2) is 109 Å². The predicted octanol–water partition coefficient (Wildman–Crippen LogP) is 5.40. The molecule has 11 nitrogen and oxygen atoms in total. The van der Waals surface area contributed by atoms with Crippen molar-refractivity contribution in [3.8, 4) is 5.75 Å². The van der Waals surface area contributed by atoms with Crippen molar-refractivity contribution < 1.29 is 27.9 Å². The lowest BCUT2D eigenvalue weighted by Gasteiger charge is -2.28. The fourth-order valence-electron chi connectivity index (χ4n) is 6.10. The van der Waals surface area contributed by atoms with Gasteiger partial charge in [-0.25, -0.2) is 13.4 Å². The van der Waals surface area contributed by atoms with Crippen molar-refractivity contribution >= 4 is 38.9 Å². The molecule has 3 atom stereocenters. The van der Waals surface area contributed by atoms with E-state index in [2.05, 4.69) is 15.6 Å². The molecule has 2 amide bonds. The van der Waals surface area contributed by atoms with Gasteiger partial charge in [0.1, 0.15) is 10.8 Å². The number of aryl methyl sites for hydroxylation is 1. The van der Waals surface area contributed by atoms with Crippen LogP contribution in [0.5, 0.6) is 5.75 Å². The first kappa shape index (κ1) is 40.1. The fraction of sp³-hybridized carbons (Fsp3) is 0.293. The molecule has 0 aliphatic heterocycles. The number of anilines is 1. The van der Waals surface area contributed by atoms with E-state index in [1.165, 1.54) is 41.5 Å². The molecular weight excluding hydrogens is 723 g/mol. The molecule has 5 rings (SSSR count). The SMILES string of the molecule is COc1cccc([C@H](NC[C@H](Cc2ccccc2)NC(=O)c2cc(C(=O)N(C)Cc3nc(C)cs3)cc(N(C)S(C)(=O)=O)c2)[C@H](O)Cc2ccccc2)c1. The molecule has 0 fully saturated rings. The molecule has 0 radical (unpaired) electrons. The van der Waals surface area contributed by atoms with Gasteiger partial charge in [-0.05, 0) is 60.4 Å². The van der Waals surface area contributed by atoms with Gasteiger partial charge in [0.05, 0.1) is 37.7 Å². The summed E-state index contributed by atoms with van der Waals surface area (Å²) in [6, 6.07) is 30.4. The summed E-state index contributed by atoms with van der Waals surface area (Å²) in [5, 5.41) is 20.9. The molecule has 0 saturated heterocycles. The van der Waals surface area contributed by atoms with Crippen molar-refractivity contribution in [3.63, 3.8) is 0 Å². The first-order valence-electron chi connectivity index (χ1n) is 17.5. The smallest absolute Gasteiger partial charge is 0.254 e. The van der Waals surface area contributed by atoms with Crippen molar-refractivity contribution in [2.45, 2.75) is 44.5 Å². The minimum atomic E-state index is -3.73. The van der Waals surface area contributed by atoms with E-state index in [-0.39, 0.29) is 29.9 Å². The number of thiazole rings is 1. The van der Waals surface area contributed by atoms with Gasteiger partial charge < -0.3 is 25.4 Å². The number of aliphatic hydroxyl groups excluding tert-OH is 1. The number of methoxy groups -OCH3 is 1. The molecule has 5 aromatic rings. The summed E-state index contributed by atoms with van der Waals surface area (Å²) in [5.41, 5.74) is 4.08. The molecule has 0 unspecified atom stereocenters. The minimum Gasteiger partial charge on any atom is -0.497 e. The second kappa shape index (κ2) is 18.3. The Bertz CT molecular complexity index is 2130. The highest BCUT2D eigenvalue weighted by Crippen LogP contribution is 2.26. The van der Waals surface area contributed by atoms with Crippen LogP contribution in [0.25, 0.3) is 0 Å². The van der Waals surface area contributed by atoms with E-state index in [0.29, 0.717) is 18.6 Å². The molecule has 0 bridgehead atoms. The number of benzene rings is 4. The Balaban J connectivity index is 1.44. The molecular formula is C41H47N5O6S2. The number of sulfonamides is 1. The summed E-state index contributed by atoms with van der Waals surface area (Å²) >= 11 is 1.44. The summed E-state index contributed by atoms with van der Waals surface area (Å²) < 4.78 is 31.8. The Morgan fingerprint density at radius 2 is 1.54 bits per heavy atom. The van der Waals surface area contributed by atoms with Crippen LogP contribution in [0.3, 0.4) is 0 Å². The average Bonchev–Trinajstić information content (AvgIpc) is 3.58. The van der Waals surface area contributed by atoms with E-state index in [0.717, 1.165) is 38.0 Å². The first-order valence-corrected chi connectivity index (χ1v) is 20.2. The zero-order chi connectivity index (χ0) is 38.8. The normalized spacial score (nSPS) is 13.1. The number of hydrogen-bond acceptors (Lipinski definition) is 9. The number of rotatable bonds is 17. The zero-order valence-electron chi connectivity index (χ0n) is 31.1. The number of aliphatic hydroxyl groups is 1. The van der Waals surface area contributed by atoms with E-state index < -0.39 is 40.0 Å². The number of hydrogen-bond donors (Lipinski definition) is 3. The lowest BCUT2D eigenvalue weighted by atomic mass is 9.95. The maximum Gasteiger partial charge on any atom is 0.254 e. The van der Waals surface area contributed by atoms with Crippen LogP contribution in [0, 0.1) is 6.92 Å². The average molecular weight is 770 g/mol. The zero-order valence-corrected chi connectivity index (χ0v) is 32.7.